The number of hydrogen-bond donors (Lipinski definition) is 0. The first-order chi connectivity index (χ1) is 3.27. The molecule has 0 atom stereocenters. The molecule has 0 aliphatic heterocycles. The van der Waals surface area contributed by atoms with Crippen LogP contribution in [0.25, 0.3) is 0 Å². The summed E-state index contributed by atoms with van der Waals surface area (Å²) in [5.74, 6) is 0. The van der Waals surface area contributed by atoms with Gasteiger partial charge in [-0.1, -0.05) is 6.92 Å². The van der Waals surface area contributed by atoms with Gasteiger partial charge in [-0.25, -0.2) is 0 Å². The highest BCUT2D eigenvalue weighted by Crippen LogP contribution is 1.77. The zero-order chi connectivity index (χ0) is 5.70. The minimum atomic E-state index is -0.469. The number of nitrogens with zero attached hydrogens (tertiary/aromatic N) is 1. The van der Waals surface area contributed by atoms with Gasteiger partial charge in [0, 0.05) is 0 Å². The average Bonchev–Trinajstić information content (AvgIpc) is 1.61. The first-order valence-corrected chi connectivity index (χ1v) is 2.07. The summed E-state index contributed by atoms with van der Waals surface area (Å²) in [5.41, 5.74) is 0. The molecule has 0 aromatic carbocycles. The topological polar surface area (TPSA) is 43.1 Å². The lowest BCUT2D eigenvalue weighted by Crippen LogP contribution is -1.80. The number of hydrogen-bond acceptors (Lipinski definition) is 2. The molecule has 0 saturated carbocycles. The van der Waals surface area contributed by atoms with Crippen LogP contribution in [0.15, 0.2) is 12.3 Å². The summed E-state index contributed by atoms with van der Waals surface area (Å²) in [6, 6.07) is 0. The van der Waals surface area contributed by atoms with Crippen LogP contribution in [0, 0.1) is 10.1 Å². The lowest BCUT2D eigenvalue weighted by atomic mass is 10.5. The molecule has 0 amide bonds. The Kier molecular flexibility index (Phi) is 2.92. The van der Waals surface area contributed by atoms with Crippen molar-refractivity contribution in [1.29, 1.82) is 0 Å². The van der Waals surface area contributed by atoms with E-state index in [1.165, 1.54) is 6.08 Å². The molecule has 0 aromatic rings. The first-order valence-electron chi connectivity index (χ1n) is 2.07. The van der Waals surface area contributed by atoms with Crippen molar-refractivity contribution in [3.8, 4) is 0 Å². The second kappa shape index (κ2) is 3.33. The Morgan fingerprint density at radius 2 is 2.43 bits per heavy atom. The molecule has 0 fully saturated rings. The van der Waals surface area contributed by atoms with Gasteiger partial charge in [0.05, 0.1) is 4.92 Å². The van der Waals surface area contributed by atoms with Crippen LogP contribution in [0.2, 0.25) is 0 Å². The third-order valence-electron chi connectivity index (χ3n) is 0.463. The van der Waals surface area contributed by atoms with Crippen LogP contribution >= 0.6 is 0 Å². The second-order valence-corrected chi connectivity index (χ2v) is 1.08. The van der Waals surface area contributed by atoms with E-state index in [0.29, 0.717) is 0 Å². The van der Waals surface area contributed by atoms with Gasteiger partial charge in [0.1, 0.15) is 0 Å². The highest BCUT2D eigenvalue weighted by atomic mass is 16.6. The van der Waals surface area contributed by atoms with Crippen molar-refractivity contribution < 1.29 is 4.92 Å². The van der Waals surface area contributed by atoms with Gasteiger partial charge in [0.2, 0.25) is 6.20 Å². The smallest absolute Gasteiger partial charge is 0.230 e. The fourth-order valence-corrected chi connectivity index (χ4v) is 0.191. The lowest BCUT2D eigenvalue weighted by molar-refractivity contribution is -0.402. The monoisotopic (exact) mass is 101 g/mol. The van der Waals surface area contributed by atoms with Gasteiger partial charge in [-0.3, -0.25) is 10.1 Å². The predicted molar refractivity (Wildman–Crippen MR) is 26.4 cm³/mol. The van der Waals surface area contributed by atoms with E-state index in [-0.39, 0.29) is 0 Å². The van der Waals surface area contributed by atoms with Crippen molar-refractivity contribution in [2.75, 3.05) is 0 Å². The maximum absolute atomic E-state index is 9.48. The summed E-state index contributed by atoms with van der Waals surface area (Å²) in [7, 11) is 0. The number of allylic oxidation sites excluding steroid dienone is 1. The minimum absolute atomic E-state index is 0.469. The van der Waals surface area contributed by atoms with Crippen LogP contribution < -0.4 is 0 Å². The Hall–Kier alpha value is -0.860. The molecule has 40 valence electrons. The van der Waals surface area contributed by atoms with E-state index in [4.69, 9.17) is 0 Å². The third kappa shape index (κ3) is 5.14. The molecule has 0 unspecified atom stereocenters. The molecule has 0 rings (SSSR count). The van der Waals surface area contributed by atoms with Crippen molar-refractivity contribution >= 4 is 0 Å². The SMILES string of the molecule is CCC=C[N+](=O)[O-]. The maximum atomic E-state index is 9.48. The van der Waals surface area contributed by atoms with Crippen LogP contribution in [0.3, 0.4) is 0 Å². The molecule has 0 spiro atoms. The molecule has 0 bridgehead atoms. The average molecular weight is 101 g/mol. The Labute approximate surface area is 41.8 Å². The van der Waals surface area contributed by atoms with Crippen molar-refractivity contribution in [3.63, 3.8) is 0 Å². The predicted octanol–water partition coefficient (Wildman–Crippen LogP) is 1.19. The molecule has 3 nitrogen and oxygen atoms in total. The van der Waals surface area contributed by atoms with Gasteiger partial charge in [-0.05, 0) is 12.5 Å². The van der Waals surface area contributed by atoms with Gasteiger partial charge in [0.15, 0.2) is 0 Å². The Balaban J connectivity index is 3.26. The summed E-state index contributed by atoms with van der Waals surface area (Å²) >= 11 is 0. The van der Waals surface area contributed by atoms with Crippen LogP contribution in [0.1, 0.15) is 13.3 Å². The number of nitro groups is 1. The molecule has 0 aliphatic carbocycles. The molecule has 0 aliphatic rings. The minimum Gasteiger partial charge on any atom is -0.259 e. The van der Waals surface area contributed by atoms with E-state index in [1.54, 1.807) is 0 Å². The standard InChI is InChI=1S/C4H7NO2/c1-2-3-4-5(6)7/h3-4H,2H2,1H3. The molecular formula is C4H7NO2. The quantitative estimate of drug-likeness (QED) is 0.387. The van der Waals surface area contributed by atoms with Crippen LogP contribution in [-0.2, 0) is 0 Å². The highest BCUT2D eigenvalue weighted by Gasteiger charge is 1.77. The zero-order valence-corrected chi connectivity index (χ0v) is 4.13. The molecule has 0 aromatic heterocycles. The molecule has 0 N–H and O–H groups in total. The Morgan fingerprint density at radius 3 is 2.57 bits per heavy atom. The van der Waals surface area contributed by atoms with Gasteiger partial charge in [-0.15, -0.1) is 0 Å². The van der Waals surface area contributed by atoms with Gasteiger partial charge < -0.3 is 0 Å². The summed E-state index contributed by atoms with van der Waals surface area (Å²) < 4.78 is 0. The zero-order valence-electron chi connectivity index (χ0n) is 4.13. The normalized spacial score (nSPS) is 9.86. The maximum Gasteiger partial charge on any atom is 0.230 e. The van der Waals surface area contributed by atoms with Crippen LogP contribution in [0.5, 0.6) is 0 Å². The fraction of sp³-hybridized carbons (Fsp3) is 0.500. The van der Waals surface area contributed by atoms with Crippen molar-refractivity contribution in [2.24, 2.45) is 0 Å². The summed E-state index contributed by atoms with van der Waals surface area (Å²) in [5, 5.41) is 9.48. The van der Waals surface area contributed by atoms with Gasteiger partial charge >= 0.3 is 0 Å². The third-order valence-corrected chi connectivity index (χ3v) is 0.463. The van der Waals surface area contributed by atoms with E-state index in [1.807, 2.05) is 6.92 Å². The molecule has 3 heteroatoms. The summed E-state index contributed by atoms with van der Waals surface area (Å²) in [4.78, 5) is 9.01. The molecule has 7 heavy (non-hydrogen) atoms. The molecule has 0 radical (unpaired) electrons. The highest BCUT2D eigenvalue weighted by molar-refractivity contribution is 4.68. The van der Waals surface area contributed by atoms with Gasteiger partial charge in [-0.2, -0.15) is 0 Å². The van der Waals surface area contributed by atoms with E-state index in [9.17, 15) is 10.1 Å². The molecular weight excluding hydrogens is 94.0 g/mol. The lowest BCUT2D eigenvalue weighted by Gasteiger charge is -1.72. The van der Waals surface area contributed by atoms with Gasteiger partial charge in [0.25, 0.3) is 0 Å². The molecule has 0 heterocycles. The van der Waals surface area contributed by atoms with Crippen molar-refractivity contribution in [1.82, 2.24) is 0 Å². The van der Waals surface area contributed by atoms with Crippen molar-refractivity contribution in [2.45, 2.75) is 13.3 Å². The Morgan fingerprint density at radius 1 is 1.86 bits per heavy atom. The second-order valence-electron chi connectivity index (χ2n) is 1.08. The summed E-state index contributed by atoms with van der Waals surface area (Å²) in [6.07, 6.45) is 3.17. The largest absolute Gasteiger partial charge is 0.259 e. The van der Waals surface area contributed by atoms with Crippen LogP contribution in [0.4, 0.5) is 0 Å². The van der Waals surface area contributed by atoms with E-state index in [2.05, 4.69) is 0 Å². The van der Waals surface area contributed by atoms with Crippen LogP contribution in [-0.4, -0.2) is 4.92 Å². The van der Waals surface area contributed by atoms with E-state index < -0.39 is 4.92 Å². The summed E-state index contributed by atoms with van der Waals surface area (Å²) in [6.45, 7) is 1.85. The Bertz CT molecular complexity index is 87.7. The molecule has 0 saturated heterocycles. The fourth-order valence-electron chi connectivity index (χ4n) is 0.191. The van der Waals surface area contributed by atoms with Crippen molar-refractivity contribution in [3.05, 3.63) is 22.4 Å². The van der Waals surface area contributed by atoms with E-state index >= 15 is 0 Å². The number of rotatable bonds is 2. The van der Waals surface area contributed by atoms with E-state index in [0.717, 1.165) is 12.6 Å². The first kappa shape index (κ1) is 6.14.